The first-order chi connectivity index (χ1) is 16.7. The van der Waals surface area contributed by atoms with Gasteiger partial charge in [-0.25, -0.2) is 9.59 Å². The molecule has 3 aromatic rings. The highest BCUT2D eigenvalue weighted by atomic mass is 16.6. The van der Waals surface area contributed by atoms with E-state index < -0.39 is 23.8 Å². The highest BCUT2D eigenvalue weighted by Crippen LogP contribution is 2.24. The topological polar surface area (TPSA) is 115 Å². The predicted octanol–water partition coefficient (Wildman–Crippen LogP) is 4.06. The quantitative estimate of drug-likeness (QED) is 0.530. The molecule has 1 fully saturated rings. The van der Waals surface area contributed by atoms with E-state index in [2.05, 4.69) is 16.0 Å². The summed E-state index contributed by atoms with van der Waals surface area (Å²) in [6, 6.07) is 14.0. The van der Waals surface area contributed by atoms with Gasteiger partial charge in [0.1, 0.15) is 18.2 Å². The van der Waals surface area contributed by atoms with E-state index in [-0.39, 0.29) is 12.5 Å². The minimum atomic E-state index is -0.658. The zero-order valence-corrected chi connectivity index (χ0v) is 20.0. The molecule has 4 rings (SSSR count). The number of nitrogens with zero attached hydrogens (tertiary/aromatic N) is 3. The van der Waals surface area contributed by atoms with Crippen molar-refractivity contribution in [1.82, 2.24) is 20.1 Å². The van der Waals surface area contributed by atoms with Crippen LogP contribution in [-0.4, -0.2) is 51.0 Å². The Labute approximate surface area is 203 Å². The fourth-order valence-corrected chi connectivity index (χ4v) is 3.88. The molecule has 0 radical (unpaired) electrons. The first kappa shape index (κ1) is 24.1. The van der Waals surface area contributed by atoms with Crippen LogP contribution in [0.15, 0.2) is 54.7 Å². The molecule has 10 nitrogen and oxygen atoms in total. The van der Waals surface area contributed by atoms with Crippen LogP contribution in [0.5, 0.6) is 0 Å². The summed E-state index contributed by atoms with van der Waals surface area (Å²) in [5.41, 5.74) is 6.88. The van der Waals surface area contributed by atoms with Crippen LogP contribution in [0.3, 0.4) is 0 Å². The van der Waals surface area contributed by atoms with Gasteiger partial charge in [0, 0.05) is 11.9 Å². The summed E-state index contributed by atoms with van der Waals surface area (Å²) < 4.78 is 12.0. The lowest BCUT2D eigenvalue weighted by Gasteiger charge is -2.23. The lowest BCUT2D eigenvalue weighted by atomic mass is 10.2. The minimum absolute atomic E-state index is 0.145. The van der Waals surface area contributed by atoms with Crippen LogP contribution in [0.25, 0.3) is 10.9 Å². The molecule has 0 spiro atoms. The van der Waals surface area contributed by atoms with Gasteiger partial charge in [0.15, 0.2) is 0 Å². The molecule has 0 bridgehead atoms. The van der Waals surface area contributed by atoms with Crippen LogP contribution >= 0.6 is 0 Å². The van der Waals surface area contributed by atoms with Crippen molar-refractivity contribution in [2.45, 2.75) is 51.9 Å². The average Bonchev–Trinajstić information content (AvgIpc) is 3.48. The Morgan fingerprint density at radius 2 is 1.83 bits per heavy atom. The maximum absolute atomic E-state index is 12.9. The zero-order chi connectivity index (χ0) is 25.0. The largest absolute Gasteiger partial charge is 0.445 e. The van der Waals surface area contributed by atoms with Gasteiger partial charge in [0.25, 0.3) is 5.91 Å². The Morgan fingerprint density at radius 1 is 1.06 bits per heavy atom. The Morgan fingerprint density at radius 3 is 2.57 bits per heavy atom. The van der Waals surface area contributed by atoms with E-state index in [0.29, 0.717) is 36.0 Å². The number of ether oxygens (including phenoxy) is 2. The number of fused-ring (bicyclic) bond motifs is 1. The third-order valence-electron chi connectivity index (χ3n) is 5.50. The molecule has 1 atom stereocenters. The summed E-state index contributed by atoms with van der Waals surface area (Å²) in [4.78, 5) is 39.4. The van der Waals surface area contributed by atoms with Crippen molar-refractivity contribution in [2.75, 3.05) is 12.0 Å². The Kier molecular flexibility index (Phi) is 6.90. The highest BCUT2D eigenvalue weighted by Gasteiger charge is 2.35. The number of hydrazine groups is 1. The van der Waals surface area contributed by atoms with Crippen LogP contribution in [0.2, 0.25) is 0 Å². The zero-order valence-electron chi connectivity index (χ0n) is 20.0. The van der Waals surface area contributed by atoms with Gasteiger partial charge < -0.3 is 9.47 Å². The predicted molar refractivity (Wildman–Crippen MR) is 129 cm³/mol. The van der Waals surface area contributed by atoms with Crippen molar-refractivity contribution >= 4 is 34.7 Å². The summed E-state index contributed by atoms with van der Waals surface area (Å²) in [5.74, 6) is -0.351. The Hall–Kier alpha value is -4.08. The van der Waals surface area contributed by atoms with Crippen LogP contribution < -0.4 is 10.9 Å². The van der Waals surface area contributed by atoms with Crippen LogP contribution in [0, 0.1) is 0 Å². The third kappa shape index (κ3) is 5.71. The van der Waals surface area contributed by atoms with E-state index in [1.165, 1.54) is 15.8 Å². The number of benzene rings is 2. The molecule has 2 amide bonds. The van der Waals surface area contributed by atoms with Gasteiger partial charge in [-0.05, 0) is 51.3 Å². The molecule has 2 heterocycles. The number of rotatable bonds is 5. The summed E-state index contributed by atoms with van der Waals surface area (Å²) in [6.07, 6.45) is 1.65. The van der Waals surface area contributed by atoms with Gasteiger partial charge in [-0.15, -0.1) is 0 Å². The van der Waals surface area contributed by atoms with Crippen molar-refractivity contribution in [3.63, 3.8) is 0 Å². The number of likely N-dealkylation sites (tertiary alicyclic amines) is 1. The molecule has 10 heteroatoms. The van der Waals surface area contributed by atoms with Crippen LogP contribution in [0.1, 0.15) is 39.2 Å². The molecular formula is C25H29N5O5. The normalized spacial score (nSPS) is 15.6. The second kappa shape index (κ2) is 10.0. The number of amides is 2. The van der Waals surface area contributed by atoms with Crippen molar-refractivity contribution in [2.24, 2.45) is 0 Å². The molecule has 0 saturated carbocycles. The monoisotopic (exact) mass is 479 g/mol. The summed E-state index contributed by atoms with van der Waals surface area (Å²) >= 11 is 0. The number of hydrogen-bond acceptors (Lipinski definition) is 7. The number of nitrogens with one attached hydrogen (secondary N) is 2. The summed E-state index contributed by atoms with van der Waals surface area (Å²) in [6.45, 7) is 5.94. The molecular weight excluding hydrogens is 450 g/mol. The van der Waals surface area contributed by atoms with E-state index in [4.69, 9.17) is 9.47 Å². The van der Waals surface area contributed by atoms with E-state index in [1.54, 1.807) is 39.0 Å². The van der Waals surface area contributed by atoms with E-state index in [0.717, 1.165) is 5.56 Å². The number of aromatic nitrogens is 2. The number of hydrogen-bond donors (Lipinski definition) is 2. The van der Waals surface area contributed by atoms with Crippen LogP contribution in [0.4, 0.5) is 15.3 Å². The SMILES string of the molecule is CC(C)(C)OC(=O)n1ncc2c(NNC(=O)[C@H]3CCCN3C(=O)OCc3ccccc3)cccc21. The average molecular weight is 480 g/mol. The molecule has 2 aromatic carbocycles. The Balaban J connectivity index is 1.39. The maximum atomic E-state index is 12.9. The number of carbonyl (C=O) groups excluding carboxylic acids is 3. The van der Waals surface area contributed by atoms with Gasteiger partial charge in [-0.2, -0.15) is 9.78 Å². The fraction of sp³-hybridized carbons (Fsp3) is 0.360. The summed E-state index contributed by atoms with van der Waals surface area (Å²) in [5, 5.41) is 4.77. The fourth-order valence-electron chi connectivity index (χ4n) is 3.88. The lowest BCUT2D eigenvalue weighted by Crippen LogP contribution is -2.47. The Bertz CT molecular complexity index is 1220. The molecule has 1 aliphatic heterocycles. The standard InChI is InChI=1S/C25H29N5O5/c1-25(2,3)35-24(33)30-20-12-7-11-19(18(20)15-26-30)27-28-22(31)21-13-8-14-29(21)23(32)34-16-17-9-5-4-6-10-17/h4-7,9-12,15,21,27H,8,13-14,16H2,1-3H3,(H,28,31)/t21-/m1/s1. The smallest absolute Gasteiger partial charge is 0.435 e. The van der Waals surface area contributed by atoms with E-state index >= 15 is 0 Å². The third-order valence-corrected chi connectivity index (χ3v) is 5.50. The van der Waals surface area contributed by atoms with Crippen molar-refractivity contribution < 1.29 is 23.9 Å². The first-order valence-corrected chi connectivity index (χ1v) is 11.5. The molecule has 1 aromatic heterocycles. The summed E-state index contributed by atoms with van der Waals surface area (Å²) in [7, 11) is 0. The second-order valence-corrected chi connectivity index (χ2v) is 9.28. The first-order valence-electron chi connectivity index (χ1n) is 11.5. The number of anilines is 1. The van der Waals surface area contributed by atoms with E-state index in [1.807, 2.05) is 30.3 Å². The lowest BCUT2D eigenvalue weighted by molar-refractivity contribution is -0.124. The maximum Gasteiger partial charge on any atom is 0.435 e. The molecule has 2 N–H and O–H groups in total. The molecule has 35 heavy (non-hydrogen) atoms. The van der Waals surface area contributed by atoms with Crippen molar-refractivity contribution in [1.29, 1.82) is 0 Å². The minimum Gasteiger partial charge on any atom is -0.445 e. The van der Waals surface area contributed by atoms with E-state index in [9.17, 15) is 14.4 Å². The molecule has 184 valence electrons. The van der Waals surface area contributed by atoms with Gasteiger partial charge in [0.05, 0.1) is 17.4 Å². The second-order valence-electron chi connectivity index (χ2n) is 9.28. The van der Waals surface area contributed by atoms with Gasteiger partial charge in [-0.1, -0.05) is 36.4 Å². The molecule has 1 aliphatic rings. The van der Waals surface area contributed by atoms with Crippen molar-refractivity contribution in [3.8, 4) is 0 Å². The van der Waals surface area contributed by atoms with Gasteiger partial charge in [0.2, 0.25) is 0 Å². The molecule has 1 saturated heterocycles. The van der Waals surface area contributed by atoms with Crippen molar-refractivity contribution in [3.05, 3.63) is 60.3 Å². The molecule has 0 aliphatic carbocycles. The number of carbonyl (C=O) groups is 3. The van der Waals surface area contributed by atoms with Gasteiger partial charge in [-0.3, -0.25) is 20.5 Å². The molecule has 0 unspecified atom stereocenters. The van der Waals surface area contributed by atoms with Crippen LogP contribution in [-0.2, 0) is 20.9 Å². The van der Waals surface area contributed by atoms with Gasteiger partial charge >= 0.3 is 12.2 Å². The highest BCUT2D eigenvalue weighted by molar-refractivity contribution is 5.96.